The zero-order chi connectivity index (χ0) is 23.8. The summed E-state index contributed by atoms with van der Waals surface area (Å²) in [5.74, 6) is -0.317. The van der Waals surface area contributed by atoms with Gasteiger partial charge in [-0.15, -0.1) is 0 Å². The predicted molar refractivity (Wildman–Crippen MR) is 128 cm³/mol. The highest BCUT2D eigenvalue weighted by molar-refractivity contribution is 7.91. The number of hydrogen-bond donors (Lipinski definition) is 2. The molecule has 1 unspecified atom stereocenters. The van der Waals surface area contributed by atoms with Crippen LogP contribution in [0.1, 0.15) is 44.8 Å². The number of hydrogen-bond acceptors (Lipinski definition) is 7. The third kappa shape index (κ3) is 5.14. The molecule has 3 heterocycles. The van der Waals surface area contributed by atoms with Crippen molar-refractivity contribution >= 4 is 43.8 Å². The second-order valence-corrected chi connectivity index (χ2v) is 11.4. The number of carbonyl (C=O) groups excluding carboxylic acids is 2. The Bertz CT molecular complexity index is 1310. The second-order valence-electron chi connectivity index (χ2n) is 8.13. The van der Waals surface area contributed by atoms with Crippen LogP contribution < -0.4 is 10.6 Å². The van der Waals surface area contributed by atoms with Crippen molar-refractivity contribution in [2.45, 2.75) is 39.7 Å². The molecule has 11 heteroatoms. The lowest BCUT2D eigenvalue weighted by Gasteiger charge is -2.11. The summed E-state index contributed by atoms with van der Waals surface area (Å²) in [6.07, 6.45) is 0.615. The van der Waals surface area contributed by atoms with E-state index in [1.165, 1.54) is 0 Å². The van der Waals surface area contributed by atoms with E-state index in [0.717, 1.165) is 22.6 Å². The van der Waals surface area contributed by atoms with Gasteiger partial charge in [-0.3, -0.25) is 14.3 Å². The summed E-state index contributed by atoms with van der Waals surface area (Å²) in [5.41, 5.74) is 3.48. The summed E-state index contributed by atoms with van der Waals surface area (Å²) in [6, 6.07) is 8.92. The normalized spacial score (nSPS) is 17.1. The molecule has 2 amide bonds. The maximum atomic E-state index is 12.7. The molecule has 1 atom stereocenters. The Morgan fingerprint density at radius 1 is 1.12 bits per heavy atom. The van der Waals surface area contributed by atoms with Crippen molar-refractivity contribution in [3.63, 3.8) is 0 Å². The molecule has 0 aliphatic carbocycles. The van der Waals surface area contributed by atoms with Crippen molar-refractivity contribution in [3.05, 3.63) is 57.9 Å². The van der Waals surface area contributed by atoms with Crippen LogP contribution in [0.15, 0.2) is 30.3 Å². The minimum absolute atomic E-state index is 0.0762. The van der Waals surface area contributed by atoms with Crippen LogP contribution >= 0.6 is 11.3 Å². The Morgan fingerprint density at radius 2 is 1.85 bits per heavy atom. The fraction of sp³-hybridized carbons (Fsp3) is 0.364. The number of aromatic nitrogens is 3. The van der Waals surface area contributed by atoms with Crippen molar-refractivity contribution in [1.29, 1.82) is 0 Å². The lowest BCUT2D eigenvalue weighted by Crippen LogP contribution is -2.16. The summed E-state index contributed by atoms with van der Waals surface area (Å²) >= 11 is 1.12. The number of nitrogens with zero attached hydrogens (tertiary/aromatic N) is 3. The number of sulfone groups is 1. The minimum atomic E-state index is -3.04. The van der Waals surface area contributed by atoms with Gasteiger partial charge in [0.25, 0.3) is 5.91 Å². The first-order valence-electron chi connectivity index (χ1n) is 10.5. The van der Waals surface area contributed by atoms with E-state index < -0.39 is 9.84 Å². The summed E-state index contributed by atoms with van der Waals surface area (Å²) in [4.78, 5) is 30.1. The molecule has 174 valence electrons. The maximum absolute atomic E-state index is 12.7. The largest absolute Gasteiger partial charge is 0.321 e. The highest BCUT2D eigenvalue weighted by Gasteiger charge is 2.31. The number of benzene rings is 1. The molecule has 2 N–H and O–H groups in total. The van der Waals surface area contributed by atoms with Crippen LogP contribution in [0, 0.1) is 20.8 Å². The van der Waals surface area contributed by atoms with Gasteiger partial charge >= 0.3 is 0 Å². The Balaban J connectivity index is 1.43. The Hall–Kier alpha value is -3.05. The van der Waals surface area contributed by atoms with E-state index in [-0.39, 0.29) is 35.8 Å². The van der Waals surface area contributed by atoms with Crippen molar-refractivity contribution in [1.82, 2.24) is 14.8 Å². The predicted octanol–water partition coefficient (Wildman–Crippen LogP) is 3.06. The van der Waals surface area contributed by atoms with Crippen LogP contribution in [0.4, 0.5) is 10.8 Å². The molecule has 3 aromatic rings. The molecule has 9 nitrogen and oxygen atoms in total. The Morgan fingerprint density at radius 3 is 2.52 bits per heavy atom. The van der Waals surface area contributed by atoms with Crippen LogP contribution in [0.3, 0.4) is 0 Å². The van der Waals surface area contributed by atoms with E-state index in [2.05, 4.69) is 20.7 Å². The number of aryl methyl sites for hydroxylation is 2. The summed E-state index contributed by atoms with van der Waals surface area (Å²) in [5, 5.41) is 10.4. The fourth-order valence-electron chi connectivity index (χ4n) is 3.97. The Labute approximate surface area is 196 Å². The average molecular weight is 488 g/mol. The van der Waals surface area contributed by atoms with Gasteiger partial charge in [0, 0.05) is 16.9 Å². The molecule has 0 spiro atoms. The number of para-hydroxylation sites is 1. The molecule has 1 aliphatic heterocycles. The first kappa shape index (κ1) is 23.1. The van der Waals surface area contributed by atoms with Crippen molar-refractivity contribution in [2.24, 2.45) is 0 Å². The van der Waals surface area contributed by atoms with E-state index >= 15 is 0 Å². The maximum Gasteiger partial charge on any atom is 0.267 e. The quantitative estimate of drug-likeness (QED) is 0.551. The third-order valence-electron chi connectivity index (χ3n) is 5.65. The van der Waals surface area contributed by atoms with Gasteiger partial charge in [0.1, 0.15) is 4.88 Å². The molecule has 1 saturated heterocycles. The van der Waals surface area contributed by atoms with E-state index in [4.69, 9.17) is 0 Å². The summed E-state index contributed by atoms with van der Waals surface area (Å²) in [7, 11) is -3.04. The van der Waals surface area contributed by atoms with Crippen LogP contribution in [0.25, 0.3) is 0 Å². The number of carbonyl (C=O) groups is 2. The number of anilines is 2. The lowest BCUT2D eigenvalue weighted by molar-refractivity contribution is -0.115. The highest BCUT2D eigenvalue weighted by Crippen LogP contribution is 2.28. The van der Waals surface area contributed by atoms with Crippen molar-refractivity contribution in [2.75, 3.05) is 22.1 Å². The number of rotatable bonds is 6. The lowest BCUT2D eigenvalue weighted by atomic mass is 10.1. The van der Waals surface area contributed by atoms with Gasteiger partial charge in [-0.25, -0.2) is 13.4 Å². The Kier molecular flexibility index (Phi) is 6.35. The summed E-state index contributed by atoms with van der Waals surface area (Å²) in [6.45, 7) is 5.39. The first-order valence-corrected chi connectivity index (χ1v) is 13.2. The molecule has 2 aromatic heterocycles. The number of nitrogens with one attached hydrogen (secondary N) is 2. The monoisotopic (exact) mass is 487 g/mol. The van der Waals surface area contributed by atoms with Crippen LogP contribution in [-0.4, -0.2) is 46.5 Å². The molecule has 0 radical (unpaired) electrons. The van der Waals surface area contributed by atoms with Crippen LogP contribution in [0.2, 0.25) is 0 Å². The molecule has 1 fully saturated rings. The van der Waals surface area contributed by atoms with E-state index in [0.29, 0.717) is 33.5 Å². The fourth-order valence-corrected chi connectivity index (χ4v) is 6.54. The average Bonchev–Trinajstić information content (AvgIpc) is 3.39. The second kappa shape index (κ2) is 9.06. The zero-order valence-electron chi connectivity index (χ0n) is 18.6. The molecule has 0 saturated carbocycles. The van der Waals surface area contributed by atoms with E-state index in [1.54, 1.807) is 23.7 Å². The smallest absolute Gasteiger partial charge is 0.267 e. The van der Waals surface area contributed by atoms with Gasteiger partial charge in [0.15, 0.2) is 15.0 Å². The molecule has 0 bridgehead atoms. The van der Waals surface area contributed by atoms with Gasteiger partial charge in [-0.2, -0.15) is 5.10 Å². The van der Waals surface area contributed by atoms with Gasteiger partial charge in [0.05, 0.1) is 35.4 Å². The van der Waals surface area contributed by atoms with Gasteiger partial charge < -0.3 is 10.6 Å². The summed E-state index contributed by atoms with van der Waals surface area (Å²) < 4.78 is 25.4. The molecule has 33 heavy (non-hydrogen) atoms. The topological polar surface area (TPSA) is 123 Å². The van der Waals surface area contributed by atoms with E-state index in [1.807, 2.05) is 32.0 Å². The third-order valence-corrected chi connectivity index (χ3v) is 8.47. The highest BCUT2D eigenvalue weighted by atomic mass is 32.2. The zero-order valence-corrected chi connectivity index (χ0v) is 20.2. The van der Waals surface area contributed by atoms with Gasteiger partial charge in [0.2, 0.25) is 5.91 Å². The molecule has 1 aromatic carbocycles. The number of amides is 2. The van der Waals surface area contributed by atoms with Gasteiger partial charge in [-0.1, -0.05) is 29.5 Å². The molecular formula is C22H25N5O4S2. The van der Waals surface area contributed by atoms with Crippen LogP contribution in [-0.2, 0) is 21.1 Å². The molecular weight excluding hydrogens is 462 g/mol. The van der Waals surface area contributed by atoms with Gasteiger partial charge in [-0.05, 0) is 39.3 Å². The van der Waals surface area contributed by atoms with Crippen LogP contribution in [0.5, 0.6) is 0 Å². The van der Waals surface area contributed by atoms with E-state index in [9.17, 15) is 18.0 Å². The minimum Gasteiger partial charge on any atom is -0.321 e. The first-order chi connectivity index (χ1) is 15.6. The molecule has 1 aliphatic rings. The SMILES string of the molecule is Cc1nc(NC(=O)Cc2c(C)nn(C3CCS(=O)(=O)C3)c2C)sc1C(=O)Nc1ccccc1. The molecule has 4 rings (SSSR count). The standard InChI is InChI=1S/C22H25N5O4S2/c1-13-18(15(3)27(26-13)17-9-10-33(30,31)12-17)11-19(28)25-22-23-14(2)20(32-22)21(29)24-16-7-5-4-6-8-16/h4-8,17H,9-12H2,1-3H3,(H,24,29)(H,23,25,28). The number of thiazole rings is 1. The van der Waals surface area contributed by atoms with Crippen molar-refractivity contribution < 1.29 is 18.0 Å². The van der Waals surface area contributed by atoms with Crippen molar-refractivity contribution in [3.8, 4) is 0 Å².